The SMILES string of the molecule is CCC/C=C/CC/C=C/C(O)C(COP(=O)(O)OCCN)NC(=O)CCCCCCCCC/C=C\C/C=C\CCCCC. The van der Waals surface area contributed by atoms with Gasteiger partial charge in [0, 0.05) is 13.0 Å². The number of unbranched alkanes of at least 4 members (excludes halogenated alkanes) is 12. The molecule has 8 nitrogen and oxygen atoms in total. The van der Waals surface area contributed by atoms with Gasteiger partial charge in [-0.05, 0) is 57.8 Å². The van der Waals surface area contributed by atoms with Crippen LogP contribution in [0.1, 0.15) is 129 Å². The lowest BCUT2D eigenvalue weighted by atomic mass is 10.1. The minimum atomic E-state index is -4.33. The zero-order valence-electron chi connectivity index (χ0n) is 27.2. The van der Waals surface area contributed by atoms with Crippen LogP contribution >= 0.6 is 7.82 Å². The van der Waals surface area contributed by atoms with Gasteiger partial charge < -0.3 is 21.1 Å². The van der Waals surface area contributed by atoms with Crippen LogP contribution in [0, 0.1) is 0 Å². The zero-order valence-corrected chi connectivity index (χ0v) is 28.1. The van der Waals surface area contributed by atoms with Gasteiger partial charge >= 0.3 is 7.82 Å². The molecule has 43 heavy (non-hydrogen) atoms. The van der Waals surface area contributed by atoms with Crippen LogP contribution < -0.4 is 11.1 Å². The van der Waals surface area contributed by atoms with Gasteiger partial charge in [-0.15, -0.1) is 0 Å². The number of aliphatic hydroxyl groups is 1. The standard InChI is InChI=1S/C34H63N2O6P/c1-3-5-7-9-11-12-13-14-15-16-17-18-19-20-22-24-26-28-34(38)36-32(31-42-43(39,40)41-30-29-35)33(37)27-25-23-21-10-8-6-4-2/h8,10-12,14-15,25,27,32-33,37H,3-7,9,13,16-24,26,28-31,35H2,1-2H3,(H,36,38)(H,39,40)/b10-8+,12-11-,15-14-,27-25+. The fraction of sp³-hybridized carbons (Fsp3) is 0.735. The third-order valence-electron chi connectivity index (χ3n) is 6.86. The first-order valence-corrected chi connectivity index (χ1v) is 18.3. The van der Waals surface area contributed by atoms with Crippen LogP contribution in [-0.2, 0) is 18.4 Å². The summed E-state index contributed by atoms with van der Waals surface area (Å²) in [5.74, 6) is -0.221. The lowest BCUT2D eigenvalue weighted by molar-refractivity contribution is -0.123. The molecule has 3 unspecified atom stereocenters. The van der Waals surface area contributed by atoms with Crippen molar-refractivity contribution < 1.29 is 28.4 Å². The lowest BCUT2D eigenvalue weighted by Gasteiger charge is -2.23. The number of carbonyl (C=O) groups excluding carboxylic acids is 1. The Morgan fingerprint density at radius 2 is 1.35 bits per heavy atom. The van der Waals surface area contributed by atoms with Crippen molar-refractivity contribution in [2.75, 3.05) is 19.8 Å². The molecule has 0 bridgehead atoms. The molecule has 0 saturated carbocycles. The van der Waals surface area contributed by atoms with Crippen molar-refractivity contribution >= 4 is 13.7 Å². The second-order valence-electron chi connectivity index (χ2n) is 11.0. The maximum atomic E-state index is 12.6. The number of amides is 1. The number of rotatable bonds is 30. The molecule has 0 aromatic carbocycles. The monoisotopic (exact) mass is 626 g/mol. The molecule has 0 rings (SSSR count). The van der Waals surface area contributed by atoms with E-state index >= 15 is 0 Å². The van der Waals surface area contributed by atoms with Gasteiger partial charge in [0.1, 0.15) is 0 Å². The Labute approximate surface area is 262 Å². The first-order valence-electron chi connectivity index (χ1n) is 16.8. The molecule has 9 heteroatoms. The Balaban J connectivity index is 4.28. The molecule has 0 aliphatic carbocycles. The number of aliphatic hydroxyl groups excluding tert-OH is 1. The summed E-state index contributed by atoms with van der Waals surface area (Å²) in [6.45, 7) is 3.93. The number of phosphoric ester groups is 1. The molecule has 0 spiro atoms. The Bertz CT molecular complexity index is 815. The Morgan fingerprint density at radius 1 is 0.767 bits per heavy atom. The van der Waals surface area contributed by atoms with E-state index in [9.17, 15) is 19.4 Å². The summed E-state index contributed by atoms with van der Waals surface area (Å²) in [5.41, 5.74) is 5.32. The predicted octanol–water partition coefficient (Wildman–Crippen LogP) is 8.21. The molecule has 0 heterocycles. The zero-order chi connectivity index (χ0) is 31.9. The number of carbonyl (C=O) groups is 1. The molecule has 0 fully saturated rings. The van der Waals surface area contributed by atoms with Crippen molar-refractivity contribution in [3.63, 3.8) is 0 Å². The maximum Gasteiger partial charge on any atom is 0.472 e. The number of nitrogens with two attached hydrogens (primary N) is 1. The Kier molecular flexibility index (Phi) is 29.4. The number of hydrogen-bond acceptors (Lipinski definition) is 6. The van der Waals surface area contributed by atoms with E-state index in [0.717, 1.165) is 64.2 Å². The van der Waals surface area contributed by atoms with Gasteiger partial charge in [-0.1, -0.05) is 114 Å². The number of allylic oxidation sites excluding steroid dienone is 7. The third-order valence-corrected chi connectivity index (χ3v) is 7.84. The van der Waals surface area contributed by atoms with E-state index in [1.165, 1.54) is 44.9 Å². The van der Waals surface area contributed by atoms with Crippen molar-refractivity contribution in [3.8, 4) is 0 Å². The first-order chi connectivity index (χ1) is 20.9. The van der Waals surface area contributed by atoms with Crippen LogP contribution in [0.4, 0.5) is 0 Å². The fourth-order valence-electron chi connectivity index (χ4n) is 4.30. The summed E-state index contributed by atoms with van der Waals surface area (Å²) in [7, 11) is -4.33. The molecular formula is C34H63N2O6P. The molecule has 0 aromatic rings. The van der Waals surface area contributed by atoms with E-state index in [1.807, 2.05) is 6.08 Å². The summed E-state index contributed by atoms with van der Waals surface area (Å²) in [5, 5.41) is 13.4. The molecule has 0 saturated heterocycles. The van der Waals surface area contributed by atoms with Gasteiger partial charge in [0.05, 0.1) is 25.4 Å². The molecule has 3 atom stereocenters. The number of hydrogen-bond donors (Lipinski definition) is 4. The van der Waals surface area contributed by atoms with E-state index in [4.69, 9.17) is 14.8 Å². The third kappa shape index (κ3) is 29.0. The lowest BCUT2D eigenvalue weighted by Crippen LogP contribution is -2.45. The topological polar surface area (TPSA) is 131 Å². The largest absolute Gasteiger partial charge is 0.472 e. The molecule has 0 aliphatic heterocycles. The van der Waals surface area contributed by atoms with Crippen molar-refractivity contribution in [1.29, 1.82) is 0 Å². The van der Waals surface area contributed by atoms with Crippen LogP contribution in [0.25, 0.3) is 0 Å². The van der Waals surface area contributed by atoms with E-state index < -0.39 is 20.0 Å². The molecular weight excluding hydrogens is 563 g/mol. The average molecular weight is 627 g/mol. The Hall–Kier alpha value is -1.54. The van der Waals surface area contributed by atoms with Gasteiger partial charge in [-0.3, -0.25) is 13.8 Å². The Morgan fingerprint density at radius 3 is 2.00 bits per heavy atom. The fourth-order valence-corrected chi connectivity index (χ4v) is 5.06. The van der Waals surface area contributed by atoms with Crippen molar-refractivity contribution in [3.05, 3.63) is 48.6 Å². The van der Waals surface area contributed by atoms with E-state index in [1.54, 1.807) is 6.08 Å². The first kappa shape index (κ1) is 41.5. The summed E-state index contributed by atoms with van der Waals surface area (Å²) >= 11 is 0. The molecule has 0 aliphatic rings. The van der Waals surface area contributed by atoms with Gasteiger partial charge in [-0.2, -0.15) is 0 Å². The summed E-state index contributed by atoms with van der Waals surface area (Å²) < 4.78 is 21.8. The van der Waals surface area contributed by atoms with Gasteiger partial charge in [0.2, 0.25) is 5.91 Å². The molecule has 0 aromatic heterocycles. The number of nitrogens with one attached hydrogen (secondary N) is 1. The smallest absolute Gasteiger partial charge is 0.387 e. The van der Waals surface area contributed by atoms with Crippen LogP contribution in [-0.4, -0.2) is 47.8 Å². The summed E-state index contributed by atoms with van der Waals surface area (Å²) in [4.78, 5) is 22.4. The second-order valence-corrected chi connectivity index (χ2v) is 12.5. The van der Waals surface area contributed by atoms with Crippen molar-refractivity contribution in [2.45, 2.75) is 142 Å². The quantitative estimate of drug-likeness (QED) is 0.0359. The number of phosphoric acid groups is 1. The van der Waals surface area contributed by atoms with Crippen LogP contribution in [0.2, 0.25) is 0 Å². The molecule has 0 radical (unpaired) electrons. The van der Waals surface area contributed by atoms with Crippen molar-refractivity contribution in [2.24, 2.45) is 5.73 Å². The summed E-state index contributed by atoms with van der Waals surface area (Å²) in [6.07, 6.45) is 34.6. The minimum Gasteiger partial charge on any atom is -0.387 e. The van der Waals surface area contributed by atoms with Crippen LogP contribution in [0.15, 0.2) is 48.6 Å². The molecule has 5 N–H and O–H groups in total. The van der Waals surface area contributed by atoms with Crippen LogP contribution in [0.5, 0.6) is 0 Å². The van der Waals surface area contributed by atoms with Gasteiger partial charge in [0.25, 0.3) is 0 Å². The molecule has 1 amide bonds. The van der Waals surface area contributed by atoms with E-state index in [0.29, 0.717) is 6.42 Å². The van der Waals surface area contributed by atoms with Gasteiger partial charge in [0.15, 0.2) is 0 Å². The normalized spacial score (nSPS) is 15.2. The highest BCUT2D eigenvalue weighted by atomic mass is 31.2. The van der Waals surface area contributed by atoms with E-state index in [-0.39, 0.29) is 25.7 Å². The maximum absolute atomic E-state index is 12.6. The van der Waals surface area contributed by atoms with E-state index in [2.05, 4.69) is 55.6 Å². The average Bonchev–Trinajstić information content (AvgIpc) is 2.99. The van der Waals surface area contributed by atoms with Crippen molar-refractivity contribution in [1.82, 2.24) is 5.32 Å². The highest BCUT2D eigenvalue weighted by molar-refractivity contribution is 7.47. The predicted molar refractivity (Wildman–Crippen MR) is 180 cm³/mol. The summed E-state index contributed by atoms with van der Waals surface area (Å²) in [6, 6.07) is -0.878. The highest BCUT2D eigenvalue weighted by Crippen LogP contribution is 2.43. The highest BCUT2D eigenvalue weighted by Gasteiger charge is 2.26. The van der Waals surface area contributed by atoms with Crippen LogP contribution in [0.3, 0.4) is 0 Å². The second kappa shape index (κ2) is 30.5. The molecule has 250 valence electrons. The van der Waals surface area contributed by atoms with Gasteiger partial charge in [-0.25, -0.2) is 4.57 Å². The minimum absolute atomic E-state index is 0.0703.